The Balaban J connectivity index is 1.45. The Morgan fingerprint density at radius 1 is 1.26 bits per heavy atom. The van der Waals surface area contributed by atoms with Gasteiger partial charge in [-0.15, -0.1) is 0 Å². The minimum absolute atomic E-state index is 0.235. The molecule has 1 saturated heterocycles. The monoisotopic (exact) mass is 259 g/mol. The fraction of sp³-hybridized carbons (Fsp3) is 0.467. The maximum Gasteiger partial charge on any atom is 0.410 e. The summed E-state index contributed by atoms with van der Waals surface area (Å²) in [7, 11) is 0. The first-order chi connectivity index (χ1) is 9.29. The van der Waals surface area contributed by atoms with Crippen molar-refractivity contribution in [2.24, 2.45) is 17.8 Å². The summed E-state index contributed by atoms with van der Waals surface area (Å²) in [4.78, 5) is 24.1. The summed E-state index contributed by atoms with van der Waals surface area (Å²) in [6, 6.07) is 9.67. The molecule has 3 rings (SSSR count). The van der Waals surface area contributed by atoms with E-state index < -0.39 is 0 Å². The standard InChI is InChI=1S/C15H17NO3/c17-7-6-12-13-8-16(9-14(12)13)15(18)19-10-11-4-2-1-3-5-11/h1-5,7,12-14H,6,8-10H2. The highest BCUT2D eigenvalue weighted by Crippen LogP contribution is 2.53. The third-order valence-electron chi connectivity index (χ3n) is 4.20. The third-order valence-corrected chi connectivity index (χ3v) is 4.20. The largest absolute Gasteiger partial charge is 0.445 e. The lowest BCUT2D eigenvalue weighted by Crippen LogP contribution is -2.32. The van der Waals surface area contributed by atoms with Gasteiger partial charge in [0, 0.05) is 19.5 Å². The summed E-state index contributed by atoms with van der Waals surface area (Å²) in [5.41, 5.74) is 0.999. The summed E-state index contributed by atoms with van der Waals surface area (Å²) < 4.78 is 5.29. The van der Waals surface area contributed by atoms with Crippen molar-refractivity contribution in [1.29, 1.82) is 0 Å². The predicted octanol–water partition coefficient (Wildman–Crippen LogP) is 2.09. The molecule has 1 saturated carbocycles. The lowest BCUT2D eigenvalue weighted by Gasteiger charge is -2.19. The quantitative estimate of drug-likeness (QED) is 0.778. The second-order valence-electron chi connectivity index (χ2n) is 5.34. The Morgan fingerprint density at radius 3 is 2.58 bits per heavy atom. The number of ether oxygens (including phenoxy) is 1. The van der Waals surface area contributed by atoms with Gasteiger partial charge in [-0.1, -0.05) is 30.3 Å². The van der Waals surface area contributed by atoms with Crippen LogP contribution in [0.1, 0.15) is 12.0 Å². The maximum absolute atomic E-state index is 11.9. The SMILES string of the molecule is O=CCC1C2CN(C(=O)OCc3ccccc3)CC12. The maximum atomic E-state index is 11.9. The second kappa shape index (κ2) is 5.03. The van der Waals surface area contributed by atoms with Crippen LogP contribution in [0.5, 0.6) is 0 Å². The molecule has 0 N–H and O–H groups in total. The second-order valence-corrected chi connectivity index (χ2v) is 5.34. The molecular weight excluding hydrogens is 242 g/mol. The number of carbonyl (C=O) groups is 2. The van der Waals surface area contributed by atoms with Crippen molar-refractivity contribution in [3.63, 3.8) is 0 Å². The first kappa shape index (κ1) is 12.2. The van der Waals surface area contributed by atoms with Gasteiger partial charge in [-0.05, 0) is 23.3 Å². The molecular formula is C15H17NO3. The summed E-state index contributed by atoms with van der Waals surface area (Å²) >= 11 is 0. The molecule has 100 valence electrons. The summed E-state index contributed by atoms with van der Waals surface area (Å²) in [6.07, 6.45) is 1.39. The number of likely N-dealkylation sites (tertiary alicyclic amines) is 1. The van der Waals surface area contributed by atoms with Crippen molar-refractivity contribution in [3.8, 4) is 0 Å². The van der Waals surface area contributed by atoms with Crippen LogP contribution in [-0.4, -0.2) is 30.4 Å². The first-order valence-electron chi connectivity index (χ1n) is 6.69. The van der Waals surface area contributed by atoms with Gasteiger partial charge in [0.15, 0.2) is 0 Å². The zero-order chi connectivity index (χ0) is 13.2. The summed E-state index contributed by atoms with van der Waals surface area (Å²) in [6.45, 7) is 1.82. The number of rotatable bonds is 4. The number of hydrogen-bond acceptors (Lipinski definition) is 3. The van der Waals surface area contributed by atoms with Gasteiger partial charge >= 0.3 is 6.09 Å². The smallest absolute Gasteiger partial charge is 0.410 e. The number of hydrogen-bond donors (Lipinski definition) is 0. The van der Waals surface area contributed by atoms with Gasteiger partial charge < -0.3 is 14.4 Å². The Bertz CT molecular complexity index is 462. The molecule has 19 heavy (non-hydrogen) atoms. The molecule has 0 bridgehead atoms. The Hall–Kier alpha value is -1.84. The van der Waals surface area contributed by atoms with Crippen LogP contribution in [0.2, 0.25) is 0 Å². The molecule has 0 radical (unpaired) electrons. The van der Waals surface area contributed by atoms with Crippen LogP contribution in [0.15, 0.2) is 30.3 Å². The number of carbonyl (C=O) groups excluding carboxylic acids is 2. The molecule has 1 aromatic rings. The number of benzene rings is 1. The van der Waals surface area contributed by atoms with E-state index in [-0.39, 0.29) is 6.09 Å². The summed E-state index contributed by atoms with van der Waals surface area (Å²) in [5, 5.41) is 0. The molecule has 2 unspecified atom stereocenters. The van der Waals surface area contributed by atoms with Crippen LogP contribution >= 0.6 is 0 Å². The Labute approximate surface area is 112 Å². The molecule has 0 aromatic heterocycles. The number of fused-ring (bicyclic) bond motifs is 1. The topological polar surface area (TPSA) is 46.6 Å². The van der Waals surface area contributed by atoms with Crippen LogP contribution < -0.4 is 0 Å². The molecule has 1 aromatic carbocycles. The van der Waals surface area contributed by atoms with Crippen molar-refractivity contribution >= 4 is 12.4 Å². The van der Waals surface area contributed by atoms with E-state index in [9.17, 15) is 9.59 Å². The van der Waals surface area contributed by atoms with E-state index in [2.05, 4.69) is 0 Å². The molecule has 0 spiro atoms. The van der Waals surface area contributed by atoms with Crippen molar-refractivity contribution < 1.29 is 14.3 Å². The average Bonchev–Trinajstić information content (AvgIpc) is 2.89. The number of amides is 1. The van der Waals surface area contributed by atoms with Gasteiger partial charge in [0.25, 0.3) is 0 Å². The van der Waals surface area contributed by atoms with E-state index in [4.69, 9.17) is 4.74 Å². The molecule has 2 aliphatic rings. The van der Waals surface area contributed by atoms with Gasteiger partial charge in [-0.25, -0.2) is 4.79 Å². The molecule has 2 atom stereocenters. The van der Waals surface area contributed by atoms with E-state index in [0.717, 1.165) is 24.9 Å². The number of nitrogens with zero attached hydrogens (tertiary/aromatic N) is 1. The molecule has 1 amide bonds. The van der Waals surface area contributed by atoms with Gasteiger partial charge in [0.2, 0.25) is 0 Å². The summed E-state index contributed by atoms with van der Waals surface area (Å²) in [5.74, 6) is 1.56. The van der Waals surface area contributed by atoms with Crippen molar-refractivity contribution in [2.75, 3.05) is 13.1 Å². The van der Waals surface area contributed by atoms with Gasteiger partial charge in [-0.2, -0.15) is 0 Å². The minimum Gasteiger partial charge on any atom is -0.445 e. The number of piperidine rings is 1. The van der Waals surface area contributed by atoms with Crippen LogP contribution in [-0.2, 0) is 16.1 Å². The van der Waals surface area contributed by atoms with Crippen LogP contribution in [0.3, 0.4) is 0 Å². The minimum atomic E-state index is -0.235. The fourth-order valence-electron chi connectivity index (χ4n) is 3.07. The zero-order valence-electron chi connectivity index (χ0n) is 10.7. The Kier molecular flexibility index (Phi) is 3.23. The van der Waals surface area contributed by atoms with E-state index in [0.29, 0.717) is 30.8 Å². The van der Waals surface area contributed by atoms with Crippen molar-refractivity contribution in [1.82, 2.24) is 4.90 Å². The molecule has 1 heterocycles. The van der Waals surface area contributed by atoms with E-state index in [1.807, 2.05) is 30.3 Å². The predicted molar refractivity (Wildman–Crippen MR) is 69.4 cm³/mol. The van der Waals surface area contributed by atoms with Crippen LogP contribution in [0.25, 0.3) is 0 Å². The normalized spacial score (nSPS) is 27.8. The highest BCUT2D eigenvalue weighted by molar-refractivity contribution is 5.68. The molecule has 1 aliphatic heterocycles. The van der Waals surface area contributed by atoms with Crippen molar-refractivity contribution in [2.45, 2.75) is 13.0 Å². The van der Waals surface area contributed by atoms with E-state index in [1.54, 1.807) is 4.90 Å². The molecule has 4 nitrogen and oxygen atoms in total. The Morgan fingerprint density at radius 2 is 1.95 bits per heavy atom. The zero-order valence-corrected chi connectivity index (χ0v) is 10.7. The highest BCUT2D eigenvalue weighted by atomic mass is 16.6. The first-order valence-corrected chi connectivity index (χ1v) is 6.69. The fourth-order valence-corrected chi connectivity index (χ4v) is 3.07. The van der Waals surface area contributed by atoms with Gasteiger partial charge in [0.1, 0.15) is 12.9 Å². The highest BCUT2D eigenvalue weighted by Gasteiger charge is 2.56. The molecule has 1 aliphatic carbocycles. The number of aldehydes is 1. The van der Waals surface area contributed by atoms with E-state index in [1.165, 1.54) is 0 Å². The van der Waals surface area contributed by atoms with Gasteiger partial charge in [0.05, 0.1) is 0 Å². The average molecular weight is 259 g/mol. The van der Waals surface area contributed by atoms with E-state index >= 15 is 0 Å². The van der Waals surface area contributed by atoms with Crippen molar-refractivity contribution in [3.05, 3.63) is 35.9 Å². The van der Waals surface area contributed by atoms with Crippen LogP contribution in [0, 0.1) is 17.8 Å². The van der Waals surface area contributed by atoms with Gasteiger partial charge in [-0.3, -0.25) is 0 Å². The van der Waals surface area contributed by atoms with Crippen LogP contribution in [0.4, 0.5) is 4.79 Å². The molecule has 4 heteroatoms. The third kappa shape index (κ3) is 2.48. The molecule has 2 fully saturated rings. The lowest BCUT2D eigenvalue weighted by atomic mass is 10.2. The lowest BCUT2D eigenvalue weighted by molar-refractivity contribution is -0.108.